The van der Waals surface area contributed by atoms with Gasteiger partial charge in [-0.05, 0) is 48.7 Å². The molecule has 0 unspecified atom stereocenters. The summed E-state index contributed by atoms with van der Waals surface area (Å²) in [5.74, 6) is 3.66. The predicted molar refractivity (Wildman–Crippen MR) is 134 cm³/mol. The highest BCUT2D eigenvalue weighted by molar-refractivity contribution is 8.19. The van der Waals surface area contributed by atoms with Crippen LogP contribution in [0.25, 0.3) is 0 Å². The van der Waals surface area contributed by atoms with Gasteiger partial charge in [0.25, 0.3) is 5.91 Å². The lowest BCUT2D eigenvalue weighted by Crippen LogP contribution is -2.24. The third kappa shape index (κ3) is 6.98. The Morgan fingerprint density at radius 1 is 1.28 bits per heavy atom. The zero-order valence-electron chi connectivity index (χ0n) is 18.3. The van der Waals surface area contributed by atoms with Crippen molar-refractivity contribution in [1.29, 1.82) is 0 Å². The second-order valence-electron chi connectivity index (χ2n) is 7.10. The summed E-state index contributed by atoms with van der Waals surface area (Å²) in [4.78, 5) is 12.1. The Morgan fingerprint density at radius 3 is 2.66 bits per heavy atom. The second kappa shape index (κ2) is 12.3. The van der Waals surface area contributed by atoms with E-state index < -0.39 is 0 Å². The lowest BCUT2D eigenvalue weighted by molar-refractivity contribution is -0.123. The molecule has 1 aliphatic rings. The fraction of sp³-hybridized carbons (Fsp3) is 0.391. The van der Waals surface area contributed by atoms with Crippen LogP contribution in [0.5, 0.6) is 17.2 Å². The highest BCUT2D eigenvalue weighted by atomic mass is 35.5. The van der Waals surface area contributed by atoms with Gasteiger partial charge in [-0.25, -0.2) is 5.43 Å². The molecule has 0 bridgehead atoms. The van der Waals surface area contributed by atoms with Gasteiger partial charge in [0, 0.05) is 11.5 Å². The third-order valence-electron chi connectivity index (χ3n) is 4.69. The molecule has 0 saturated carbocycles. The van der Waals surface area contributed by atoms with Gasteiger partial charge in [0.2, 0.25) is 0 Å². The largest absolute Gasteiger partial charge is 0.493 e. The number of nitrogens with one attached hydrogen (secondary N) is 1. The summed E-state index contributed by atoms with van der Waals surface area (Å²) in [6, 6.07) is 11.3. The minimum atomic E-state index is -0.359. The highest BCUT2D eigenvalue weighted by Crippen LogP contribution is 2.45. The SMILES string of the molecule is CC[C@@H](C)Oc1c(Cl)cc(/C=N\NC(=O)COc2ccc(C3SCCS3)cc2)cc1OC. The Labute approximate surface area is 202 Å². The molecule has 0 aromatic heterocycles. The number of hydrazone groups is 1. The van der Waals surface area contributed by atoms with E-state index >= 15 is 0 Å². The smallest absolute Gasteiger partial charge is 0.277 e. The molecule has 172 valence electrons. The van der Waals surface area contributed by atoms with Crippen molar-refractivity contribution in [2.24, 2.45) is 5.10 Å². The van der Waals surface area contributed by atoms with Gasteiger partial charge < -0.3 is 14.2 Å². The molecule has 1 saturated heterocycles. The van der Waals surface area contributed by atoms with E-state index in [-0.39, 0.29) is 18.6 Å². The average molecular weight is 495 g/mol. The number of nitrogens with zero attached hydrogens (tertiary/aromatic N) is 1. The Morgan fingerprint density at radius 2 is 2.00 bits per heavy atom. The number of hydrogen-bond acceptors (Lipinski definition) is 7. The minimum absolute atomic E-state index is 0.0110. The summed E-state index contributed by atoms with van der Waals surface area (Å²) in [6.45, 7) is 3.86. The number of methoxy groups -OCH3 is 1. The summed E-state index contributed by atoms with van der Waals surface area (Å²) < 4.78 is 17.3. The molecule has 0 radical (unpaired) electrons. The van der Waals surface area contributed by atoms with Crippen LogP contribution in [-0.4, -0.2) is 43.4 Å². The first-order chi connectivity index (χ1) is 15.5. The normalized spacial score (nSPS) is 15.0. The molecule has 1 fully saturated rings. The van der Waals surface area contributed by atoms with Crippen LogP contribution in [0.4, 0.5) is 0 Å². The topological polar surface area (TPSA) is 69.2 Å². The van der Waals surface area contributed by atoms with Gasteiger partial charge in [-0.2, -0.15) is 5.10 Å². The lowest BCUT2D eigenvalue weighted by Gasteiger charge is -2.17. The minimum Gasteiger partial charge on any atom is -0.493 e. The molecule has 2 aromatic rings. The van der Waals surface area contributed by atoms with E-state index in [0.717, 1.165) is 6.42 Å². The molecular formula is C23H27ClN2O4S2. The number of rotatable bonds is 10. The summed E-state index contributed by atoms with van der Waals surface area (Å²) >= 11 is 10.3. The zero-order valence-corrected chi connectivity index (χ0v) is 20.7. The quantitative estimate of drug-likeness (QED) is 0.346. The van der Waals surface area contributed by atoms with Gasteiger partial charge in [-0.3, -0.25) is 4.79 Å². The molecular weight excluding hydrogens is 468 g/mol. The van der Waals surface area contributed by atoms with Crippen molar-refractivity contribution in [2.45, 2.75) is 31.0 Å². The van der Waals surface area contributed by atoms with Crippen molar-refractivity contribution < 1.29 is 19.0 Å². The molecule has 1 amide bonds. The molecule has 6 nitrogen and oxygen atoms in total. The summed E-state index contributed by atoms with van der Waals surface area (Å²) in [7, 11) is 1.55. The maximum Gasteiger partial charge on any atom is 0.277 e. The van der Waals surface area contributed by atoms with E-state index in [1.54, 1.807) is 19.2 Å². The van der Waals surface area contributed by atoms with Crippen molar-refractivity contribution in [3.63, 3.8) is 0 Å². The molecule has 0 aliphatic carbocycles. The maximum absolute atomic E-state index is 12.1. The molecule has 1 heterocycles. The lowest BCUT2D eigenvalue weighted by atomic mass is 10.2. The van der Waals surface area contributed by atoms with Crippen LogP contribution >= 0.6 is 35.1 Å². The van der Waals surface area contributed by atoms with Crippen molar-refractivity contribution >= 4 is 47.2 Å². The molecule has 32 heavy (non-hydrogen) atoms. The van der Waals surface area contributed by atoms with Crippen LogP contribution in [-0.2, 0) is 4.79 Å². The van der Waals surface area contributed by atoms with Crippen molar-refractivity contribution in [2.75, 3.05) is 25.2 Å². The van der Waals surface area contributed by atoms with E-state index in [9.17, 15) is 4.79 Å². The van der Waals surface area contributed by atoms with E-state index in [1.807, 2.05) is 61.6 Å². The Hall–Kier alpha value is -2.03. The van der Waals surface area contributed by atoms with Gasteiger partial charge in [-0.1, -0.05) is 30.7 Å². The average Bonchev–Trinajstić information content (AvgIpc) is 3.34. The maximum atomic E-state index is 12.1. The summed E-state index contributed by atoms with van der Waals surface area (Å²) in [5.41, 5.74) is 4.40. The van der Waals surface area contributed by atoms with Gasteiger partial charge in [0.1, 0.15) is 5.75 Å². The summed E-state index contributed by atoms with van der Waals surface area (Å²) in [6.07, 6.45) is 2.35. The van der Waals surface area contributed by atoms with Crippen molar-refractivity contribution in [3.8, 4) is 17.2 Å². The monoisotopic (exact) mass is 494 g/mol. The highest BCUT2D eigenvalue weighted by Gasteiger charge is 2.18. The van der Waals surface area contributed by atoms with E-state index in [2.05, 4.69) is 10.5 Å². The summed E-state index contributed by atoms with van der Waals surface area (Å²) in [5, 5.41) is 4.39. The first-order valence-corrected chi connectivity index (χ1v) is 12.8. The van der Waals surface area contributed by atoms with Crippen LogP contribution in [0.3, 0.4) is 0 Å². The number of carbonyl (C=O) groups excluding carboxylic acids is 1. The number of ether oxygens (including phenoxy) is 3. The molecule has 1 aliphatic heterocycles. The van der Waals surface area contributed by atoms with Gasteiger partial charge in [-0.15, -0.1) is 23.5 Å². The number of halogens is 1. The Bertz CT molecular complexity index is 934. The zero-order chi connectivity index (χ0) is 22.9. The predicted octanol–water partition coefficient (Wildman–Crippen LogP) is 5.53. The molecule has 1 N–H and O–H groups in total. The van der Waals surface area contributed by atoms with E-state index in [4.69, 9.17) is 25.8 Å². The number of thioether (sulfide) groups is 2. The molecule has 2 aromatic carbocycles. The van der Waals surface area contributed by atoms with Crippen LogP contribution in [0.2, 0.25) is 5.02 Å². The third-order valence-corrected chi connectivity index (χ3v) is 8.08. The molecule has 9 heteroatoms. The Kier molecular flexibility index (Phi) is 9.44. The fourth-order valence-corrected chi connectivity index (χ4v) is 5.97. The number of carbonyl (C=O) groups is 1. The number of hydrogen-bond donors (Lipinski definition) is 1. The van der Waals surface area contributed by atoms with Gasteiger partial charge >= 0.3 is 0 Å². The van der Waals surface area contributed by atoms with Crippen LogP contribution < -0.4 is 19.6 Å². The molecule has 0 spiro atoms. The van der Waals surface area contributed by atoms with Crippen LogP contribution in [0.15, 0.2) is 41.5 Å². The number of amides is 1. The van der Waals surface area contributed by atoms with Crippen LogP contribution in [0, 0.1) is 0 Å². The van der Waals surface area contributed by atoms with Gasteiger partial charge in [0.05, 0.1) is 29.0 Å². The van der Waals surface area contributed by atoms with Crippen molar-refractivity contribution in [3.05, 3.63) is 52.5 Å². The molecule has 3 rings (SSSR count). The first kappa shape index (κ1) is 24.6. The fourth-order valence-electron chi connectivity index (χ4n) is 2.85. The first-order valence-electron chi connectivity index (χ1n) is 10.3. The standard InChI is InChI=1S/C23H27ClN2O4S2/c1-4-15(2)30-22-19(24)11-16(12-20(22)28-3)13-25-26-21(27)14-29-18-7-5-17(6-8-18)23-31-9-10-32-23/h5-8,11-13,15,23H,4,9-10,14H2,1-3H3,(H,26,27)/b25-13-/t15-/m1/s1. The van der Waals surface area contributed by atoms with Gasteiger partial charge in [0.15, 0.2) is 18.1 Å². The second-order valence-corrected chi connectivity index (χ2v) is 10.2. The molecule has 1 atom stereocenters. The van der Waals surface area contributed by atoms with Crippen LogP contribution in [0.1, 0.15) is 36.0 Å². The van der Waals surface area contributed by atoms with E-state index in [1.165, 1.54) is 23.3 Å². The number of benzene rings is 2. The van der Waals surface area contributed by atoms with Crippen molar-refractivity contribution in [1.82, 2.24) is 5.43 Å². The Balaban J connectivity index is 1.50. The van der Waals surface area contributed by atoms with E-state index in [0.29, 0.717) is 32.4 Å².